The first-order valence-corrected chi connectivity index (χ1v) is 7.46. The molecule has 2 heterocycles. The number of rotatable bonds is 5. The lowest BCUT2D eigenvalue weighted by Gasteiger charge is -2.32. The first-order chi connectivity index (χ1) is 11.2. The molecule has 0 radical (unpaired) electrons. The van der Waals surface area contributed by atoms with Gasteiger partial charge in [-0.3, -0.25) is 4.79 Å². The van der Waals surface area contributed by atoms with Crippen LogP contribution in [0.25, 0.3) is 0 Å². The fraction of sp³-hybridized carbons (Fsp3) is 0.375. The molecule has 0 spiro atoms. The van der Waals surface area contributed by atoms with Gasteiger partial charge >= 0.3 is 0 Å². The Morgan fingerprint density at radius 3 is 3.22 bits per heavy atom. The van der Waals surface area contributed by atoms with E-state index in [0.29, 0.717) is 25.4 Å². The van der Waals surface area contributed by atoms with E-state index in [1.807, 2.05) is 0 Å². The third kappa shape index (κ3) is 4.29. The van der Waals surface area contributed by atoms with Crippen molar-refractivity contribution < 1.29 is 18.7 Å². The molecule has 1 saturated heterocycles. The van der Waals surface area contributed by atoms with Crippen LogP contribution >= 0.6 is 0 Å². The minimum absolute atomic E-state index is 0.147. The zero-order valence-electron chi connectivity index (χ0n) is 12.5. The maximum Gasteiger partial charge on any atom is 0.240 e. The summed E-state index contributed by atoms with van der Waals surface area (Å²) in [6.07, 6.45) is 5.30. The summed E-state index contributed by atoms with van der Waals surface area (Å²) in [4.78, 5) is 16.0. The van der Waals surface area contributed by atoms with Gasteiger partial charge in [0, 0.05) is 24.9 Å². The van der Waals surface area contributed by atoms with Crippen molar-refractivity contribution in [1.29, 1.82) is 0 Å². The highest BCUT2D eigenvalue weighted by molar-refractivity contribution is 5.76. The van der Waals surface area contributed by atoms with Crippen molar-refractivity contribution >= 4 is 5.91 Å². The fourth-order valence-corrected chi connectivity index (χ4v) is 2.51. The fourth-order valence-electron chi connectivity index (χ4n) is 2.51. The second-order valence-electron chi connectivity index (χ2n) is 5.39. The first kappa shape index (κ1) is 15.5. The number of halogens is 1. The molecule has 7 heteroatoms. The van der Waals surface area contributed by atoms with Gasteiger partial charge in [0.05, 0.1) is 25.6 Å². The lowest BCUT2D eigenvalue weighted by Crippen LogP contribution is -2.52. The predicted octanol–water partition coefficient (Wildman–Crippen LogP) is 1.37. The third-order valence-corrected chi connectivity index (χ3v) is 3.61. The number of nitrogens with zero attached hydrogens (tertiary/aromatic N) is 2. The number of ether oxygens (including phenoxy) is 2. The molecule has 0 saturated carbocycles. The third-order valence-electron chi connectivity index (χ3n) is 3.61. The second kappa shape index (κ2) is 7.23. The van der Waals surface area contributed by atoms with E-state index in [1.165, 1.54) is 12.1 Å². The van der Waals surface area contributed by atoms with Crippen LogP contribution in [-0.2, 0) is 16.1 Å². The van der Waals surface area contributed by atoms with Gasteiger partial charge in [0.25, 0.3) is 0 Å². The molecule has 23 heavy (non-hydrogen) atoms. The molecular formula is C16H18FN3O3. The Kier molecular flexibility index (Phi) is 4.87. The highest BCUT2D eigenvalue weighted by Gasteiger charge is 2.29. The average Bonchev–Trinajstić information content (AvgIpc) is 3.02. The smallest absolute Gasteiger partial charge is 0.240 e. The lowest BCUT2D eigenvalue weighted by molar-refractivity contribution is -0.124. The van der Waals surface area contributed by atoms with Crippen LogP contribution < -0.4 is 10.1 Å². The van der Waals surface area contributed by atoms with Crippen molar-refractivity contribution in [3.8, 4) is 5.75 Å². The summed E-state index contributed by atoms with van der Waals surface area (Å²) in [5.41, 5.74) is 0. The minimum atomic E-state index is -0.352. The molecule has 1 amide bonds. The summed E-state index contributed by atoms with van der Waals surface area (Å²) in [6, 6.07) is 5.71. The SMILES string of the molecule is O=C(Cn1ccnc1)N[C@@H]1COCC[C@@H]1Oc1cccc(F)c1. The summed E-state index contributed by atoms with van der Waals surface area (Å²) < 4.78 is 26.2. The van der Waals surface area contributed by atoms with Crippen LogP contribution in [0.1, 0.15) is 6.42 Å². The molecule has 1 aliphatic heterocycles. The Morgan fingerprint density at radius 1 is 1.52 bits per heavy atom. The van der Waals surface area contributed by atoms with Crippen LogP contribution in [0.15, 0.2) is 43.0 Å². The Balaban J connectivity index is 1.60. The van der Waals surface area contributed by atoms with Gasteiger partial charge in [-0.1, -0.05) is 6.07 Å². The molecule has 2 atom stereocenters. The van der Waals surface area contributed by atoms with Gasteiger partial charge in [-0.2, -0.15) is 0 Å². The molecule has 6 nitrogen and oxygen atoms in total. The molecule has 3 rings (SSSR count). The summed E-state index contributed by atoms with van der Waals surface area (Å²) in [6.45, 7) is 1.10. The van der Waals surface area contributed by atoms with Gasteiger partial charge in [0.2, 0.25) is 5.91 Å². The number of carbonyl (C=O) groups excluding carboxylic acids is 1. The molecule has 0 unspecified atom stereocenters. The maximum absolute atomic E-state index is 13.3. The van der Waals surface area contributed by atoms with E-state index in [9.17, 15) is 9.18 Å². The van der Waals surface area contributed by atoms with Crippen LogP contribution in [0, 0.1) is 5.82 Å². The number of imidazole rings is 1. The van der Waals surface area contributed by atoms with E-state index in [-0.39, 0.29) is 30.4 Å². The molecule has 1 fully saturated rings. The zero-order valence-corrected chi connectivity index (χ0v) is 12.5. The Morgan fingerprint density at radius 2 is 2.43 bits per heavy atom. The molecular weight excluding hydrogens is 301 g/mol. The summed E-state index contributed by atoms with van der Waals surface area (Å²) in [5, 5.41) is 2.91. The summed E-state index contributed by atoms with van der Waals surface area (Å²) in [5.74, 6) is -0.0487. The number of benzene rings is 1. The van der Waals surface area contributed by atoms with Crippen molar-refractivity contribution in [2.75, 3.05) is 13.2 Å². The van der Waals surface area contributed by atoms with Gasteiger partial charge < -0.3 is 19.4 Å². The van der Waals surface area contributed by atoms with Crippen molar-refractivity contribution in [2.45, 2.75) is 25.1 Å². The standard InChI is InChI=1S/C16H18FN3O3/c17-12-2-1-3-13(8-12)23-15-4-7-22-10-14(15)19-16(21)9-20-6-5-18-11-20/h1-3,5-6,8,11,14-15H,4,7,9-10H2,(H,19,21)/t14-,15+/m1/s1. The minimum Gasteiger partial charge on any atom is -0.488 e. The summed E-state index contributed by atoms with van der Waals surface area (Å²) >= 11 is 0. The van der Waals surface area contributed by atoms with E-state index in [0.717, 1.165) is 0 Å². The van der Waals surface area contributed by atoms with Crippen molar-refractivity contribution in [3.63, 3.8) is 0 Å². The molecule has 0 aliphatic carbocycles. The molecule has 122 valence electrons. The van der Waals surface area contributed by atoms with E-state index >= 15 is 0 Å². The quantitative estimate of drug-likeness (QED) is 0.904. The zero-order chi connectivity index (χ0) is 16.1. The maximum atomic E-state index is 13.3. The van der Waals surface area contributed by atoms with Gasteiger partial charge in [0.15, 0.2) is 0 Å². The van der Waals surface area contributed by atoms with E-state index in [2.05, 4.69) is 10.3 Å². The van der Waals surface area contributed by atoms with Crippen LogP contribution in [0.4, 0.5) is 4.39 Å². The summed E-state index contributed by atoms with van der Waals surface area (Å²) in [7, 11) is 0. The Hall–Kier alpha value is -2.41. The van der Waals surface area contributed by atoms with Gasteiger partial charge in [0.1, 0.15) is 24.2 Å². The molecule has 1 N–H and O–H groups in total. The van der Waals surface area contributed by atoms with Gasteiger partial charge in [-0.05, 0) is 12.1 Å². The number of amides is 1. The highest BCUT2D eigenvalue weighted by Crippen LogP contribution is 2.19. The van der Waals surface area contributed by atoms with Crippen molar-refractivity contribution in [1.82, 2.24) is 14.9 Å². The number of carbonyl (C=O) groups is 1. The molecule has 2 aromatic rings. The van der Waals surface area contributed by atoms with Crippen LogP contribution in [-0.4, -0.2) is 40.8 Å². The topological polar surface area (TPSA) is 65.4 Å². The van der Waals surface area contributed by atoms with Crippen LogP contribution in [0.2, 0.25) is 0 Å². The Bertz CT molecular complexity index is 648. The van der Waals surface area contributed by atoms with Crippen molar-refractivity contribution in [3.05, 3.63) is 48.8 Å². The normalized spacial score (nSPS) is 20.9. The van der Waals surface area contributed by atoms with Crippen molar-refractivity contribution in [2.24, 2.45) is 0 Å². The number of hydrogen-bond donors (Lipinski definition) is 1. The van der Waals surface area contributed by atoms with E-state index in [4.69, 9.17) is 9.47 Å². The molecule has 0 bridgehead atoms. The Labute approximate surface area is 133 Å². The van der Waals surface area contributed by atoms with E-state index < -0.39 is 0 Å². The monoisotopic (exact) mass is 319 g/mol. The molecule has 1 aliphatic rings. The largest absolute Gasteiger partial charge is 0.488 e. The highest BCUT2D eigenvalue weighted by atomic mass is 19.1. The van der Waals surface area contributed by atoms with E-state index in [1.54, 1.807) is 35.4 Å². The number of nitrogens with one attached hydrogen (secondary N) is 1. The number of aromatic nitrogens is 2. The predicted molar refractivity (Wildman–Crippen MR) is 80.4 cm³/mol. The molecule has 1 aromatic carbocycles. The second-order valence-corrected chi connectivity index (χ2v) is 5.39. The molecule has 1 aromatic heterocycles. The first-order valence-electron chi connectivity index (χ1n) is 7.46. The van der Waals surface area contributed by atoms with Gasteiger partial charge in [-0.25, -0.2) is 9.37 Å². The van der Waals surface area contributed by atoms with Crippen LogP contribution in [0.5, 0.6) is 5.75 Å². The van der Waals surface area contributed by atoms with Gasteiger partial charge in [-0.15, -0.1) is 0 Å². The average molecular weight is 319 g/mol. The van der Waals surface area contributed by atoms with Crippen LogP contribution in [0.3, 0.4) is 0 Å². The number of hydrogen-bond acceptors (Lipinski definition) is 4. The lowest BCUT2D eigenvalue weighted by atomic mass is 10.1.